The van der Waals surface area contributed by atoms with Crippen molar-refractivity contribution >= 4 is 29.1 Å². The molecule has 0 aliphatic heterocycles. The van der Waals surface area contributed by atoms with Crippen molar-refractivity contribution in [2.75, 3.05) is 5.32 Å². The largest absolute Gasteiger partial charge is 0.351 e. The van der Waals surface area contributed by atoms with E-state index in [2.05, 4.69) is 10.6 Å². The molecule has 2 aromatic rings. The minimum Gasteiger partial charge on any atom is -0.351 e. The van der Waals surface area contributed by atoms with Crippen LogP contribution in [0, 0.1) is 19.3 Å². The Morgan fingerprint density at radius 3 is 2.32 bits per heavy atom. The fraction of sp³-hybridized carbons (Fsp3) is 0.300. The van der Waals surface area contributed by atoms with Crippen LogP contribution in [-0.4, -0.2) is 11.8 Å². The van der Waals surface area contributed by atoms with Crippen LogP contribution in [0.25, 0.3) is 0 Å². The number of benzene rings is 2. The van der Waals surface area contributed by atoms with Crippen molar-refractivity contribution in [3.05, 3.63) is 64.2 Å². The molecule has 2 rings (SSSR count). The van der Waals surface area contributed by atoms with Crippen molar-refractivity contribution in [2.45, 2.75) is 34.2 Å². The summed E-state index contributed by atoms with van der Waals surface area (Å²) < 4.78 is 0. The molecule has 0 aliphatic rings. The number of hydrogen-bond donors (Lipinski definition) is 2. The summed E-state index contributed by atoms with van der Waals surface area (Å²) in [5.74, 6) is -0.680. The molecule has 2 amide bonds. The van der Waals surface area contributed by atoms with Crippen LogP contribution in [0.15, 0.2) is 42.5 Å². The zero-order chi connectivity index (χ0) is 18.6. The van der Waals surface area contributed by atoms with Crippen LogP contribution in [0.1, 0.15) is 30.5 Å². The Labute approximate surface area is 153 Å². The fourth-order valence-corrected chi connectivity index (χ4v) is 2.58. The summed E-state index contributed by atoms with van der Waals surface area (Å²) in [5, 5.41) is 6.26. The Morgan fingerprint density at radius 2 is 1.68 bits per heavy atom. The number of nitrogens with one attached hydrogen (secondary N) is 2. The molecule has 132 valence electrons. The molecule has 4 nitrogen and oxygen atoms in total. The second-order valence-electron chi connectivity index (χ2n) is 6.65. The van der Waals surface area contributed by atoms with E-state index >= 15 is 0 Å². The molecule has 2 aromatic carbocycles. The van der Waals surface area contributed by atoms with Crippen LogP contribution in [0.2, 0.25) is 5.02 Å². The van der Waals surface area contributed by atoms with Gasteiger partial charge in [0.25, 0.3) is 0 Å². The highest BCUT2D eigenvalue weighted by molar-refractivity contribution is 6.30. The molecule has 0 bridgehead atoms. The van der Waals surface area contributed by atoms with Crippen molar-refractivity contribution < 1.29 is 9.59 Å². The highest BCUT2D eigenvalue weighted by Gasteiger charge is 2.36. The first-order valence-corrected chi connectivity index (χ1v) is 8.50. The SMILES string of the molecule is Cc1ccccc1CNC(=O)C(C)(C)C(=O)Nc1ccc(Cl)cc1C. The van der Waals surface area contributed by atoms with Gasteiger partial charge in [-0.15, -0.1) is 0 Å². The minimum atomic E-state index is -1.20. The Hall–Kier alpha value is -2.33. The smallest absolute Gasteiger partial charge is 0.239 e. The molecule has 0 saturated heterocycles. The van der Waals surface area contributed by atoms with E-state index < -0.39 is 5.41 Å². The lowest BCUT2D eigenvalue weighted by Crippen LogP contribution is -2.45. The Kier molecular flexibility index (Phi) is 5.85. The maximum absolute atomic E-state index is 12.6. The summed E-state index contributed by atoms with van der Waals surface area (Å²) in [6, 6.07) is 13.0. The first kappa shape index (κ1) is 19.0. The van der Waals surface area contributed by atoms with E-state index in [0.29, 0.717) is 17.3 Å². The van der Waals surface area contributed by atoms with Crippen LogP contribution in [0.4, 0.5) is 5.69 Å². The van der Waals surface area contributed by atoms with E-state index in [4.69, 9.17) is 11.6 Å². The number of carbonyl (C=O) groups excluding carboxylic acids is 2. The molecular weight excluding hydrogens is 336 g/mol. The van der Waals surface area contributed by atoms with Gasteiger partial charge in [0.2, 0.25) is 11.8 Å². The van der Waals surface area contributed by atoms with Gasteiger partial charge in [-0.2, -0.15) is 0 Å². The van der Waals surface area contributed by atoms with Crippen molar-refractivity contribution in [1.29, 1.82) is 0 Å². The van der Waals surface area contributed by atoms with E-state index in [1.807, 2.05) is 38.1 Å². The molecule has 25 heavy (non-hydrogen) atoms. The topological polar surface area (TPSA) is 58.2 Å². The van der Waals surface area contributed by atoms with Gasteiger partial charge in [-0.1, -0.05) is 35.9 Å². The lowest BCUT2D eigenvalue weighted by Gasteiger charge is -2.23. The maximum atomic E-state index is 12.6. The summed E-state index contributed by atoms with van der Waals surface area (Å²) in [6.07, 6.45) is 0. The standard InChI is InChI=1S/C20H23ClN2O2/c1-13-7-5-6-8-15(13)12-22-18(24)20(3,4)19(25)23-17-10-9-16(21)11-14(17)2/h5-11H,12H2,1-4H3,(H,22,24)(H,23,25). The molecule has 0 spiro atoms. The molecule has 0 fully saturated rings. The summed E-state index contributed by atoms with van der Waals surface area (Å²) in [7, 11) is 0. The van der Waals surface area contributed by atoms with Gasteiger partial charge >= 0.3 is 0 Å². The van der Waals surface area contributed by atoms with Gasteiger partial charge in [0.05, 0.1) is 0 Å². The second-order valence-corrected chi connectivity index (χ2v) is 7.08. The molecule has 0 aromatic heterocycles. The molecule has 0 unspecified atom stereocenters. The van der Waals surface area contributed by atoms with Gasteiger partial charge in [0.15, 0.2) is 0 Å². The third-order valence-corrected chi connectivity index (χ3v) is 4.51. The molecule has 0 heterocycles. The highest BCUT2D eigenvalue weighted by atomic mass is 35.5. The summed E-state index contributed by atoms with van der Waals surface area (Å²) in [4.78, 5) is 25.1. The number of halogens is 1. The first-order valence-electron chi connectivity index (χ1n) is 8.12. The predicted octanol–water partition coefficient (Wildman–Crippen LogP) is 4.24. The molecule has 0 atom stereocenters. The number of rotatable bonds is 5. The maximum Gasteiger partial charge on any atom is 0.239 e. The number of amides is 2. The second kappa shape index (κ2) is 7.70. The zero-order valence-electron chi connectivity index (χ0n) is 14.9. The van der Waals surface area contributed by atoms with Gasteiger partial charge in [0.1, 0.15) is 5.41 Å². The minimum absolute atomic E-state index is 0.320. The van der Waals surface area contributed by atoms with E-state index in [-0.39, 0.29) is 11.8 Å². The monoisotopic (exact) mass is 358 g/mol. The Bertz CT molecular complexity index is 800. The van der Waals surface area contributed by atoms with Crippen LogP contribution in [0.3, 0.4) is 0 Å². The summed E-state index contributed by atoms with van der Waals surface area (Å²) >= 11 is 5.93. The quantitative estimate of drug-likeness (QED) is 0.785. The predicted molar refractivity (Wildman–Crippen MR) is 102 cm³/mol. The van der Waals surface area contributed by atoms with Crippen LogP contribution < -0.4 is 10.6 Å². The number of anilines is 1. The van der Waals surface area contributed by atoms with Crippen molar-refractivity contribution in [3.63, 3.8) is 0 Å². The summed E-state index contributed by atoms with van der Waals surface area (Å²) in [5.41, 5.74) is 2.42. The van der Waals surface area contributed by atoms with Crippen LogP contribution in [-0.2, 0) is 16.1 Å². The number of hydrogen-bond acceptors (Lipinski definition) is 2. The number of carbonyl (C=O) groups is 2. The van der Waals surface area contributed by atoms with Gasteiger partial charge in [-0.3, -0.25) is 9.59 Å². The van der Waals surface area contributed by atoms with E-state index in [0.717, 1.165) is 16.7 Å². The fourth-order valence-electron chi connectivity index (χ4n) is 2.35. The van der Waals surface area contributed by atoms with Gasteiger partial charge in [-0.05, 0) is 62.6 Å². The number of aryl methyl sites for hydroxylation is 2. The molecule has 2 N–H and O–H groups in total. The summed E-state index contributed by atoms with van der Waals surface area (Å²) in [6.45, 7) is 7.46. The molecule has 0 saturated carbocycles. The van der Waals surface area contributed by atoms with E-state index in [1.165, 1.54) is 0 Å². The molecular formula is C20H23ClN2O2. The molecule has 0 aliphatic carbocycles. The van der Waals surface area contributed by atoms with Crippen molar-refractivity contribution in [2.24, 2.45) is 5.41 Å². The highest BCUT2D eigenvalue weighted by Crippen LogP contribution is 2.23. The molecule has 5 heteroatoms. The average molecular weight is 359 g/mol. The van der Waals surface area contributed by atoms with Crippen LogP contribution in [0.5, 0.6) is 0 Å². The third-order valence-electron chi connectivity index (χ3n) is 4.27. The molecule has 0 radical (unpaired) electrons. The van der Waals surface area contributed by atoms with Crippen molar-refractivity contribution in [1.82, 2.24) is 5.32 Å². The normalized spacial score (nSPS) is 11.1. The van der Waals surface area contributed by atoms with Crippen LogP contribution >= 0.6 is 11.6 Å². The van der Waals surface area contributed by atoms with Gasteiger partial charge < -0.3 is 10.6 Å². The third kappa shape index (κ3) is 4.60. The first-order chi connectivity index (χ1) is 11.7. The van der Waals surface area contributed by atoms with Gasteiger partial charge in [-0.25, -0.2) is 0 Å². The zero-order valence-corrected chi connectivity index (χ0v) is 15.7. The lowest BCUT2D eigenvalue weighted by molar-refractivity contribution is -0.138. The lowest BCUT2D eigenvalue weighted by atomic mass is 9.90. The Balaban J connectivity index is 2.04. The van der Waals surface area contributed by atoms with Crippen molar-refractivity contribution in [3.8, 4) is 0 Å². The average Bonchev–Trinajstić information content (AvgIpc) is 2.56. The van der Waals surface area contributed by atoms with E-state index in [1.54, 1.807) is 32.0 Å². The van der Waals surface area contributed by atoms with Gasteiger partial charge in [0, 0.05) is 17.3 Å². The van der Waals surface area contributed by atoms with E-state index in [9.17, 15) is 9.59 Å². The Morgan fingerprint density at radius 1 is 1.00 bits per heavy atom.